The number of ether oxygens (including phenoxy) is 1. The lowest BCUT2D eigenvalue weighted by atomic mass is 10.1. The minimum atomic E-state index is -0.738. The van der Waals surface area contributed by atoms with E-state index >= 15 is 0 Å². The van der Waals surface area contributed by atoms with Crippen molar-refractivity contribution in [1.29, 1.82) is 0 Å². The molecule has 1 aromatic carbocycles. The SMILES string of the molecule is CCOC(=O)c1noc(-c2cccc(C)c2[N+](=O)[O-])n1. The molecular formula is C12H11N3O5. The Morgan fingerprint density at radius 3 is 2.90 bits per heavy atom. The van der Waals surface area contributed by atoms with Crippen molar-refractivity contribution in [3.63, 3.8) is 0 Å². The molecule has 0 aliphatic heterocycles. The molecule has 0 bridgehead atoms. The Morgan fingerprint density at radius 1 is 1.50 bits per heavy atom. The van der Waals surface area contributed by atoms with E-state index in [4.69, 9.17) is 9.26 Å². The van der Waals surface area contributed by atoms with Gasteiger partial charge in [-0.2, -0.15) is 4.98 Å². The van der Waals surface area contributed by atoms with Gasteiger partial charge in [-0.25, -0.2) is 4.79 Å². The van der Waals surface area contributed by atoms with E-state index in [2.05, 4.69) is 10.1 Å². The van der Waals surface area contributed by atoms with E-state index in [1.807, 2.05) is 0 Å². The molecule has 0 fully saturated rings. The Kier molecular flexibility index (Phi) is 3.74. The number of aryl methyl sites for hydroxylation is 1. The molecule has 2 aromatic rings. The van der Waals surface area contributed by atoms with Crippen molar-refractivity contribution < 1.29 is 19.0 Å². The zero-order valence-corrected chi connectivity index (χ0v) is 10.8. The number of para-hydroxylation sites is 1. The van der Waals surface area contributed by atoms with Gasteiger partial charge < -0.3 is 9.26 Å². The molecule has 0 radical (unpaired) electrons. The number of aromatic nitrogens is 2. The normalized spacial score (nSPS) is 10.3. The van der Waals surface area contributed by atoms with Crippen molar-refractivity contribution in [3.05, 3.63) is 39.7 Å². The fraction of sp³-hybridized carbons (Fsp3) is 0.250. The van der Waals surface area contributed by atoms with Gasteiger partial charge in [0.25, 0.3) is 17.4 Å². The fourth-order valence-corrected chi connectivity index (χ4v) is 1.69. The van der Waals surface area contributed by atoms with Crippen molar-refractivity contribution in [2.45, 2.75) is 13.8 Å². The standard InChI is InChI=1S/C12H11N3O5/c1-3-19-12(16)10-13-11(20-14-10)8-6-4-5-7(2)9(8)15(17)18/h4-6H,3H2,1-2H3. The zero-order valence-electron chi connectivity index (χ0n) is 10.8. The maximum absolute atomic E-state index is 11.4. The van der Waals surface area contributed by atoms with E-state index in [9.17, 15) is 14.9 Å². The molecule has 2 rings (SSSR count). The number of esters is 1. The third-order valence-electron chi connectivity index (χ3n) is 2.53. The van der Waals surface area contributed by atoms with Gasteiger partial charge in [0.15, 0.2) is 0 Å². The highest BCUT2D eigenvalue weighted by Crippen LogP contribution is 2.31. The second kappa shape index (κ2) is 5.47. The van der Waals surface area contributed by atoms with Gasteiger partial charge in [0, 0.05) is 5.56 Å². The van der Waals surface area contributed by atoms with Crippen molar-refractivity contribution in [3.8, 4) is 11.5 Å². The highest BCUT2D eigenvalue weighted by molar-refractivity contribution is 5.85. The van der Waals surface area contributed by atoms with Gasteiger partial charge in [-0.1, -0.05) is 12.1 Å². The summed E-state index contributed by atoms with van der Waals surface area (Å²) >= 11 is 0. The van der Waals surface area contributed by atoms with Crippen LogP contribution in [0.3, 0.4) is 0 Å². The molecule has 0 N–H and O–H groups in total. The quantitative estimate of drug-likeness (QED) is 0.478. The molecule has 0 saturated carbocycles. The van der Waals surface area contributed by atoms with E-state index in [1.165, 1.54) is 6.07 Å². The Bertz CT molecular complexity index is 665. The summed E-state index contributed by atoms with van der Waals surface area (Å²) in [6, 6.07) is 4.71. The van der Waals surface area contributed by atoms with Crippen LogP contribution in [0.4, 0.5) is 5.69 Å². The van der Waals surface area contributed by atoms with Crippen LogP contribution in [0.15, 0.2) is 22.7 Å². The van der Waals surface area contributed by atoms with E-state index in [-0.39, 0.29) is 29.6 Å². The lowest BCUT2D eigenvalue weighted by Gasteiger charge is -2.00. The van der Waals surface area contributed by atoms with Gasteiger partial charge in [-0.15, -0.1) is 0 Å². The molecule has 20 heavy (non-hydrogen) atoms. The Balaban J connectivity index is 2.45. The predicted molar refractivity (Wildman–Crippen MR) is 67.1 cm³/mol. The predicted octanol–water partition coefficient (Wildman–Crippen LogP) is 2.13. The molecule has 0 aliphatic rings. The molecule has 8 heteroatoms. The average molecular weight is 277 g/mol. The van der Waals surface area contributed by atoms with Crippen molar-refractivity contribution in [2.75, 3.05) is 6.61 Å². The minimum Gasteiger partial charge on any atom is -0.460 e. The molecule has 8 nitrogen and oxygen atoms in total. The van der Waals surface area contributed by atoms with Gasteiger partial charge >= 0.3 is 5.97 Å². The van der Waals surface area contributed by atoms with Crippen LogP contribution in [-0.4, -0.2) is 27.6 Å². The van der Waals surface area contributed by atoms with Crippen molar-refractivity contribution in [1.82, 2.24) is 10.1 Å². The Labute approximate surface area is 113 Å². The van der Waals surface area contributed by atoms with Gasteiger partial charge in [0.1, 0.15) is 5.56 Å². The summed E-state index contributed by atoms with van der Waals surface area (Å²) in [6.07, 6.45) is 0. The number of hydrogen-bond acceptors (Lipinski definition) is 7. The van der Waals surface area contributed by atoms with Gasteiger partial charge in [0.05, 0.1) is 11.5 Å². The van der Waals surface area contributed by atoms with Crippen molar-refractivity contribution in [2.24, 2.45) is 0 Å². The first-order valence-electron chi connectivity index (χ1n) is 5.79. The number of benzene rings is 1. The molecule has 1 heterocycles. The summed E-state index contributed by atoms with van der Waals surface area (Å²) in [5.41, 5.74) is 0.494. The van der Waals surface area contributed by atoms with E-state index < -0.39 is 10.9 Å². The highest BCUT2D eigenvalue weighted by atomic mass is 16.6. The smallest absolute Gasteiger partial charge is 0.379 e. The van der Waals surface area contributed by atoms with Crippen LogP contribution in [0.2, 0.25) is 0 Å². The zero-order chi connectivity index (χ0) is 14.7. The number of nitrogens with zero attached hydrogens (tertiary/aromatic N) is 3. The van der Waals surface area contributed by atoms with Crippen LogP contribution in [0, 0.1) is 17.0 Å². The second-order valence-corrected chi connectivity index (χ2v) is 3.87. The molecule has 0 aliphatic carbocycles. The van der Waals surface area contributed by atoms with E-state index in [1.54, 1.807) is 26.0 Å². The molecule has 104 valence electrons. The van der Waals surface area contributed by atoms with Crippen molar-refractivity contribution >= 4 is 11.7 Å². The second-order valence-electron chi connectivity index (χ2n) is 3.87. The van der Waals surface area contributed by atoms with Crippen LogP contribution in [-0.2, 0) is 4.74 Å². The topological polar surface area (TPSA) is 108 Å². The summed E-state index contributed by atoms with van der Waals surface area (Å²) in [4.78, 5) is 25.8. The Hall–Kier alpha value is -2.77. The summed E-state index contributed by atoms with van der Waals surface area (Å²) in [5, 5.41) is 14.5. The summed E-state index contributed by atoms with van der Waals surface area (Å²) in [5.74, 6) is -1.10. The van der Waals surface area contributed by atoms with Crippen LogP contribution < -0.4 is 0 Å². The minimum absolute atomic E-state index is 0.0940. The molecule has 0 spiro atoms. The summed E-state index contributed by atoms with van der Waals surface area (Å²) < 4.78 is 9.62. The molecular weight excluding hydrogens is 266 g/mol. The fourth-order valence-electron chi connectivity index (χ4n) is 1.69. The first-order chi connectivity index (χ1) is 9.54. The molecule has 1 aromatic heterocycles. The number of carbonyl (C=O) groups excluding carboxylic acids is 1. The third-order valence-corrected chi connectivity index (χ3v) is 2.53. The van der Waals surface area contributed by atoms with Crippen LogP contribution in [0.25, 0.3) is 11.5 Å². The molecule has 0 amide bonds. The molecule has 0 saturated heterocycles. The number of nitro benzene ring substituents is 1. The summed E-state index contributed by atoms with van der Waals surface area (Å²) in [7, 11) is 0. The molecule has 0 unspecified atom stereocenters. The van der Waals surface area contributed by atoms with Crippen LogP contribution in [0.5, 0.6) is 0 Å². The van der Waals surface area contributed by atoms with Gasteiger partial charge in [0.2, 0.25) is 0 Å². The lowest BCUT2D eigenvalue weighted by molar-refractivity contribution is -0.384. The number of nitro groups is 1. The highest BCUT2D eigenvalue weighted by Gasteiger charge is 2.24. The maximum Gasteiger partial charge on any atom is 0.379 e. The third kappa shape index (κ3) is 2.48. The first kappa shape index (κ1) is 13.7. The average Bonchev–Trinajstić information content (AvgIpc) is 2.87. The molecule has 0 atom stereocenters. The monoisotopic (exact) mass is 277 g/mol. The van der Waals surface area contributed by atoms with Gasteiger partial charge in [-0.05, 0) is 25.1 Å². The van der Waals surface area contributed by atoms with Crippen LogP contribution in [0.1, 0.15) is 23.1 Å². The Morgan fingerprint density at radius 2 is 2.25 bits per heavy atom. The number of rotatable bonds is 4. The van der Waals surface area contributed by atoms with Crippen LogP contribution >= 0.6 is 0 Å². The lowest BCUT2D eigenvalue weighted by Crippen LogP contribution is -2.06. The van der Waals surface area contributed by atoms with Gasteiger partial charge in [-0.3, -0.25) is 10.1 Å². The first-order valence-corrected chi connectivity index (χ1v) is 5.79. The number of carbonyl (C=O) groups is 1. The summed E-state index contributed by atoms with van der Waals surface area (Å²) in [6.45, 7) is 3.42. The maximum atomic E-state index is 11.4. The number of hydrogen-bond donors (Lipinski definition) is 0. The van der Waals surface area contributed by atoms with E-state index in [0.717, 1.165) is 0 Å². The largest absolute Gasteiger partial charge is 0.460 e. The van der Waals surface area contributed by atoms with E-state index in [0.29, 0.717) is 5.56 Å².